The Morgan fingerprint density at radius 1 is 1.08 bits per heavy atom. The van der Waals surface area contributed by atoms with Crippen LogP contribution in [0.4, 0.5) is 4.39 Å². The van der Waals surface area contributed by atoms with Crippen LogP contribution in [0.3, 0.4) is 0 Å². The predicted molar refractivity (Wildman–Crippen MR) is 92.9 cm³/mol. The summed E-state index contributed by atoms with van der Waals surface area (Å²) in [5.74, 6) is -1.04. The molecule has 5 nitrogen and oxygen atoms in total. The summed E-state index contributed by atoms with van der Waals surface area (Å²) in [7, 11) is 0. The Morgan fingerprint density at radius 2 is 1.76 bits per heavy atom. The number of hydrogen-bond donors (Lipinski definition) is 2. The van der Waals surface area contributed by atoms with Crippen molar-refractivity contribution >= 4 is 35.0 Å². The number of carbonyl (C=O) groups is 2. The van der Waals surface area contributed by atoms with Gasteiger partial charge in [0.05, 0.1) is 16.5 Å². The van der Waals surface area contributed by atoms with E-state index in [-0.39, 0.29) is 6.42 Å². The largest absolute Gasteiger partial charge is 0.481 e. The Labute approximate surface area is 154 Å². The molecule has 0 radical (unpaired) electrons. The Kier molecular flexibility index (Phi) is 6.61. The molecule has 0 bridgehead atoms. The van der Waals surface area contributed by atoms with E-state index < -0.39 is 23.7 Å². The summed E-state index contributed by atoms with van der Waals surface area (Å²) in [6.07, 6.45) is -0.861. The molecule has 1 atom stereocenters. The second-order valence-corrected chi connectivity index (χ2v) is 5.99. The first-order valence-electron chi connectivity index (χ1n) is 7.30. The van der Waals surface area contributed by atoms with Gasteiger partial charge in [-0.1, -0.05) is 29.3 Å². The minimum atomic E-state index is -0.879. The number of nitrogens with one attached hydrogen (secondary N) is 2. The van der Waals surface area contributed by atoms with Crippen LogP contribution in [0.25, 0.3) is 0 Å². The van der Waals surface area contributed by atoms with Crippen LogP contribution in [0.1, 0.15) is 12.5 Å². The first-order chi connectivity index (χ1) is 11.8. The van der Waals surface area contributed by atoms with E-state index in [0.717, 1.165) is 0 Å². The average molecular weight is 385 g/mol. The molecule has 0 saturated carbocycles. The standard InChI is InChI=1S/C17H15Cl2FN2O3/c1-10(25-13-5-3-12(20)4-6-13)17(24)22-21-16(23)9-11-2-7-14(18)15(19)8-11/h2-8,10H,9H2,1H3,(H,21,23)(H,22,24). The van der Waals surface area contributed by atoms with Crippen molar-refractivity contribution in [2.75, 3.05) is 0 Å². The minimum Gasteiger partial charge on any atom is -0.481 e. The van der Waals surface area contributed by atoms with Crippen molar-refractivity contribution in [1.29, 1.82) is 0 Å². The van der Waals surface area contributed by atoms with Crippen LogP contribution < -0.4 is 15.6 Å². The number of hydrazine groups is 1. The number of hydrogen-bond acceptors (Lipinski definition) is 3. The van der Waals surface area contributed by atoms with Gasteiger partial charge in [-0.2, -0.15) is 0 Å². The third-order valence-corrected chi connectivity index (χ3v) is 3.91. The molecule has 132 valence electrons. The van der Waals surface area contributed by atoms with Gasteiger partial charge in [-0.25, -0.2) is 4.39 Å². The minimum absolute atomic E-state index is 0.0182. The third-order valence-electron chi connectivity index (χ3n) is 3.17. The van der Waals surface area contributed by atoms with Gasteiger partial charge in [0, 0.05) is 0 Å². The zero-order chi connectivity index (χ0) is 18.4. The van der Waals surface area contributed by atoms with Crippen LogP contribution in [0.5, 0.6) is 5.75 Å². The van der Waals surface area contributed by atoms with Gasteiger partial charge in [0.25, 0.3) is 5.91 Å². The monoisotopic (exact) mass is 384 g/mol. The van der Waals surface area contributed by atoms with Crippen molar-refractivity contribution in [1.82, 2.24) is 10.9 Å². The van der Waals surface area contributed by atoms with Crippen LogP contribution in [0.2, 0.25) is 10.0 Å². The van der Waals surface area contributed by atoms with E-state index >= 15 is 0 Å². The predicted octanol–water partition coefficient (Wildman–Crippen LogP) is 3.29. The van der Waals surface area contributed by atoms with E-state index in [1.807, 2.05) is 0 Å². The summed E-state index contributed by atoms with van der Waals surface area (Å²) in [4.78, 5) is 23.8. The molecular formula is C17H15Cl2FN2O3. The van der Waals surface area contributed by atoms with Crippen LogP contribution >= 0.6 is 23.2 Å². The van der Waals surface area contributed by atoms with Crippen molar-refractivity contribution < 1.29 is 18.7 Å². The quantitative estimate of drug-likeness (QED) is 0.777. The number of rotatable bonds is 5. The van der Waals surface area contributed by atoms with Crippen LogP contribution in [0, 0.1) is 5.82 Å². The topological polar surface area (TPSA) is 67.4 Å². The van der Waals surface area contributed by atoms with Gasteiger partial charge in [-0.05, 0) is 48.9 Å². The van der Waals surface area contributed by atoms with E-state index in [2.05, 4.69) is 10.9 Å². The fourth-order valence-electron chi connectivity index (χ4n) is 1.88. The molecule has 0 heterocycles. The Bertz CT molecular complexity index is 769. The van der Waals surface area contributed by atoms with Gasteiger partial charge in [0.2, 0.25) is 5.91 Å². The second-order valence-electron chi connectivity index (χ2n) is 5.18. The SMILES string of the molecule is CC(Oc1ccc(F)cc1)C(=O)NNC(=O)Cc1ccc(Cl)c(Cl)c1. The molecule has 25 heavy (non-hydrogen) atoms. The van der Waals surface area contributed by atoms with Crippen molar-refractivity contribution in [2.24, 2.45) is 0 Å². The summed E-state index contributed by atoms with van der Waals surface area (Å²) in [5, 5.41) is 0.739. The smallest absolute Gasteiger partial charge is 0.279 e. The fraction of sp³-hybridized carbons (Fsp3) is 0.176. The van der Waals surface area contributed by atoms with Gasteiger partial charge < -0.3 is 4.74 Å². The lowest BCUT2D eigenvalue weighted by Gasteiger charge is -2.15. The van der Waals surface area contributed by atoms with Crippen molar-refractivity contribution in [3.8, 4) is 5.75 Å². The summed E-state index contributed by atoms with van der Waals surface area (Å²) in [6.45, 7) is 1.50. The maximum atomic E-state index is 12.8. The van der Waals surface area contributed by atoms with Crippen LogP contribution in [0.15, 0.2) is 42.5 Å². The Hall–Kier alpha value is -2.31. The van der Waals surface area contributed by atoms with Gasteiger partial charge in [-0.15, -0.1) is 0 Å². The molecule has 0 aliphatic heterocycles. The highest BCUT2D eigenvalue weighted by Gasteiger charge is 2.15. The highest BCUT2D eigenvalue weighted by atomic mass is 35.5. The molecule has 2 aromatic rings. The van der Waals surface area contributed by atoms with Crippen molar-refractivity contribution in [3.63, 3.8) is 0 Å². The maximum absolute atomic E-state index is 12.8. The van der Waals surface area contributed by atoms with Crippen molar-refractivity contribution in [2.45, 2.75) is 19.4 Å². The molecule has 0 saturated heterocycles. The molecule has 0 aliphatic carbocycles. The molecule has 2 aromatic carbocycles. The molecule has 0 aromatic heterocycles. The van der Waals surface area contributed by atoms with Gasteiger partial charge in [-0.3, -0.25) is 20.4 Å². The summed E-state index contributed by atoms with van der Waals surface area (Å²) >= 11 is 11.7. The molecule has 0 spiro atoms. The maximum Gasteiger partial charge on any atom is 0.279 e. The van der Waals surface area contributed by atoms with E-state index in [0.29, 0.717) is 21.4 Å². The molecule has 0 aliphatic rings. The van der Waals surface area contributed by atoms with E-state index in [9.17, 15) is 14.0 Å². The molecular weight excluding hydrogens is 370 g/mol. The molecule has 8 heteroatoms. The zero-order valence-corrected chi connectivity index (χ0v) is 14.7. The Morgan fingerprint density at radius 3 is 2.40 bits per heavy atom. The lowest BCUT2D eigenvalue weighted by molar-refractivity contribution is -0.132. The van der Waals surface area contributed by atoms with Gasteiger partial charge in [0.15, 0.2) is 6.10 Å². The van der Waals surface area contributed by atoms with Gasteiger partial charge in [0.1, 0.15) is 11.6 Å². The van der Waals surface area contributed by atoms with E-state index in [1.54, 1.807) is 18.2 Å². The summed E-state index contributed by atoms with van der Waals surface area (Å²) in [6, 6.07) is 10.1. The number of halogens is 3. The number of ether oxygens (including phenoxy) is 1. The van der Waals surface area contributed by atoms with Crippen LogP contribution in [-0.2, 0) is 16.0 Å². The highest BCUT2D eigenvalue weighted by Crippen LogP contribution is 2.22. The molecule has 0 fully saturated rings. The molecule has 1 unspecified atom stereocenters. The summed E-state index contributed by atoms with van der Waals surface area (Å²) in [5.41, 5.74) is 5.20. The fourth-order valence-corrected chi connectivity index (χ4v) is 2.20. The van der Waals surface area contributed by atoms with Gasteiger partial charge >= 0.3 is 0 Å². The lowest BCUT2D eigenvalue weighted by atomic mass is 10.1. The number of benzene rings is 2. The molecule has 2 rings (SSSR count). The number of carbonyl (C=O) groups excluding carboxylic acids is 2. The molecule has 2 N–H and O–H groups in total. The normalized spacial score (nSPS) is 11.5. The third kappa shape index (κ3) is 5.92. The second kappa shape index (κ2) is 8.69. The van der Waals surface area contributed by atoms with Crippen LogP contribution in [-0.4, -0.2) is 17.9 Å². The highest BCUT2D eigenvalue weighted by molar-refractivity contribution is 6.42. The average Bonchev–Trinajstić information content (AvgIpc) is 2.58. The van der Waals surface area contributed by atoms with E-state index in [1.165, 1.54) is 31.2 Å². The molecule has 2 amide bonds. The zero-order valence-electron chi connectivity index (χ0n) is 13.2. The summed E-state index contributed by atoms with van der Waals surface area (Å²) < 4.78 is 18.2. The van der Waals surface area contributed by atoms with E-state index in [4.69, 9.17) is 27.9 Å². The Balaban J connectivity index is 1.80. The van der Waals surface area contributed by atoms with Crippen molar-refractivity contribution in [3.05, 3.63) is 63.9 Å². The first kappa shape index (κ1) is 19.0. The first-order valence-corrected chi connectivity index (χ1v) is 8.05. The lowest BCUT2D eigenvalue weighted by Crippen LogP contribution is -2.47. The number of amides is 2.